The third-order valence-electron chi connectivity index (χ3n) is 3.87. The van der Waals surface area contributed by atoms with Gasteiger partial charge >= 0.3 is 0 Å². The summed E-state index contributed by atoms with van der Waals surface area (Å²) in [6.45, 7) is 2.12. The first-order chi connectivity index (χ1) is 8.15. The average Bonchev–Trinajstić information content (AvgIpc) is 2.75. The van der Waals surface area contributed by atoms with Crippen LogP contribution in [-0.2, 0) is 0 Å². The summed E-state index contributed by atoms with van der Waals surface area (Å²) >= 11 is 0. The summed E-state index contributed by atoms with van der Waals surface area (Å²) in [5.41, 5.74) is 0.364. The highest BCUT2D eigenvalue weighted by Crippen LogP contribution is 2.41. The number of rotatable bonds is 3. The highest BCUT2D eigenvalue weighted by atomic mass is 19.1. The number of hydrogen-bond donors (Lipinski definition) is 1. The lowest BCUT2D eigenvalue weighted by Gasteiger charge is -2.23. The number of methoxy groups -OCH3 is 1. The summed E-state index contributed by atoms with van der Waals surface area (Å²) in [6, 6.07) is 4.94. The molecule has 17 heavy (non-hydrogen) atoms. The molecule has 0 aliphatic heterocycles. The summed E-state index contributed by atoms with van der Waals surface area (Å²) in [7, 11) is 1.44. The van der Waals surface area contributed by atoms with Crippen LogP contribution in [0.3, 0.4) is 0 Å². The van der Waals surface area contributed by atoms with Crippen LogP contribution in [0.5, 0.6) is 5.75 Å². The van der Waals surface area contributed by atoms with Gasteiger partial charge < -0.3 is 9.84 Å². The van der Waals surface area contributed by atoms with Crippen LogP contribution in [0.25, 0.3) is 0 Å². The maximum absolute atomic E-state index is 14.0. The summed E-state index contributed by atoms with van der Waals surface area (Å²) in [4.78, 5) is 0. The van der Waals surface area contributed by atoms with Crippen LogP contribution < -0.4 is 4.74 Å². The van der Waals surface area contributed by atoms with Crippen molar-refractivity contribution in [2.24, 2.45) is 11.8 Å². The number of hydrogen-bond acceptors (Lipinski definition) is 2. The first kappa shape index (κ1) is 12.4. The second kappa shape index (κ2) is 5.05. The van der Waals surface area contributed by atoms with Crippen molar-refractivity contribution in [3.8, 4) is 5.75 Å². The molecule has 2 nitrogen and oxygen atoms in total. The molecule has 0 radical (unpaired) electrons. The molecular formula is C14H19FO2. The fourth-order valence-electron chi connectivity index (χ4n) is 2.79. The van der Waals surface area contributed by atoms with Crippen LogP contribution in [0.1, 0.15) is 37.9 Å². The highest BCUT2D eigenvalue weighted by molar-refractivity contribution is 5.32. The molecule has 0 saturated heterocycles. The monoisotopic (exact) mass is 238 g/mol. The molecule has 1 aliphatic carbocycles. The largest absolute Gasteiger partial charge is 0.494 e. The third kappa shape index (κ3) is 2.29. The van der Waals surface area contributed by atoms with E-state index in [1.54, 1.807) is 18.2 Å². The van der Waals surface area contributed by atoms with E-state index in [9.17, 15) is 9.50 Å². The van der Waals surface area contributed by atoms with Gasteiger partial charge in [-0.05, 0) is 24.3 Å². The van der Waals surface area contributed by atoms with Crippen LogP contribution in [0.4, 0.5) is 4.39 Å². The quantitative estimate of drug-likeness (QED) is 0.875. The fourth-order valence-corrected chi connectivity index (χ4v) is 2.79. The molecular weight excluding hydrogens is 219 g/mol. The number of ether oxygens (including phenoxy) is 1. The number of benzene rings is 1. The van der Waals surface area contributed by atoms with Crippen molar-refractivity contribution in [3.63, 3.8) is 0 Å². The van der Waals surface area contributed by atoms with Gasteiger partial charge in [-0.1, -0.05) is 31.9 Å². The van der Waals surface area contributed by atoms with Gasteiger partial charge in [0.15, 0.2) is 11.6 Å². The van der Waals surface area contributed by atoms with E-state index >= 15 is 0 Å². The Morgan fingerprint density at radius 1 is 1.41 bits per heavy atom. The first-order valence-corrected chi connectivity index (χ1v) is 6.15. The summed E-state index contributed by atoms with van der Waals surface area (Å²) in [5.74, 6) is 0.390. The van der Waals surface area contributed by atoms with E-state index in [1.165, 1.54) is 7.11 Å². The van der Waals surface area contributed by atoms with E-state index in [0.717, 1.165) is 19.3 Å². The molecule has 3 heteroatoms. The molecule has 1 N–H and O–H groups in total. The number of aliphatic hydroxyl groups is 1. The average molecular weight is 238 g/mol. The fraction of sp³-hybridized carbons (Fsp3) is 0.571. The molecule has 3 atom stereocenters. The topological polar surface area (TPSA) is 29.5 Å². The van der Waals surface area contributed by atoms with Gasteiger partial charge in [0.25, 0.3) is 0 Å². The number of halogens is 1. The van der Waals surface area contributed by atoms with E-state index in [4.69, 9.17) is 4.74 Å². The van der Waals surface area contributed by atoms with Crippen LogP contribution >= 0.6 is 0 Å². The molecule has 3 unspecified atom stereocenters. The van der Waals surface area contributed by atoms with E-state index < -0.39 is 11.9 Å². The van der Waals surface area contributed by atoms with Gasteiger partial charge in [0.2, 0.25) is 0 Å². The predicted octanol–water partition coefficient (Wildman–Crippen LogP) is 3.30. The van der Waals surface area contributed by atoms with Crippen LogP contribution in [-0.4, -0.2) is 12.2 Å². The maximum Gasteiger partial charge on any atom is 0.170 e. The van der Waals surface area contributed by atoms with Crippen molar-refractivity contribution in [1.29, 1.82) is 0 Å². The Bertz CT molecular complexity index is 392. The van der Waals surface area contributed by atoms with Gasteiger partial charge in [0.05, 0.1) is 13.2 Å². The van der Waals surface area contributed by atoms with Crippen molar-refractivity contribution >= 4 is 0 Å². The predicted molar refractivity (Wildman–Crippen MR) is 64.4 cm³/mol. The lowest BCUT2D eigenvalue weighted by molar-refractivity contribution is 0.0861. The smallest absolute Gasteiger partial charge is 0.170 e. The molecule has 0 heterocycles. The molecule has 0 spiro atoms. The Labute approximate surface area is 101 Å². The zero-order chi connectivity index (χ0) is 12.4. The molecule has 94 valence electrons. The lowest BCUT2D eigenvalue weighted by Crippen LogP contribution is -2.16. The van der Waals surface area contributed by atoms with E-state index in [-0.39, 0.29) is 11.7 Å². The summed E-state index contributed by atoms with van der Waals surface area (Å²) in [6.07, 6.45) is 2.49. The van der Waals surface area contributed by atoms with Crippen molar-refractivity contribution < 1.29 is 14.2 Å². The van der Waals surface area contributed by atoms with E-state index in [2.05, 4.69) is 6.92 Å². The van der Waals surface area contributed by atoms with E-state index in [0.29, 0.717) is 11.5 Å². The van der Waals surface area contributed by atoms with Gasteiger partial charge in [-0.2, -0.15) is 0 Å². The second-order valence-electron chi connectivity index (χ2n) is 4.88. The normalized spacial score (nSPS) is 25.9. The van der Waals surface area contributed by atoms with Crippen LogP contribution in [0.15, 0.2) is 18.2 Å². The Morgan fingerprint density at radius 2 is 2.18 bits per heavy atom. The van der Waals surface area contributed by atoms with Crippen molar-refractivity contribution in [2.75, 3.05) is 7.11 Å². The molecule has 1 fully saturated rings. The van der Waals surface area contributed by atoms with Gasteiger partial charge in [-0.3, -0.25) is 0 Å². The van der Waals surface area contributed by atoms with Gasteiger partial charge in [0, 0.05) is 5.56 Å². The molecule has 1 aromatic carbocycles. The Hall–Kier alpha value is -1.09. The second-order valence-corrected chi connectivity index (χ2v) is 4.88. The molecule has 1 aromatic rings. The Morgan fingerprint density at radius 3 is 2.76 bits per heavy atom. The lowest BCUT2D eigenvalue weighted by atomic mass is 9.88. The number of aliphatic hydroxyl groups excluding tert-OH is 1. The summed E-state index contributed by atoms with van der Waals surface area (Å²) < 4.78 is 19.0. The van der Waals surface area contributed by atoms with Gasteiger partial charge in [0.1, 0.15) is 0 Å². The van der Waals surface area contributed by atoms with Gasteiger partial charge in [-0.15, -0.1) is 0 Å². The Kier molecular flexibility index (Phi) is 3.67. The standard InChI is InChI=1S/C14H19FO2/c1-9-5-3-6-10(9)14(16)11-7-4-8-12(17-2)13(11)15/h4,7-10,14,16H,3,5-6H2,1-2H3. The zero-order valence-electron chi connectivity index (χ0n) is 10.3. The first-order valence-electron chi connectivity index (χ1n) is 6.15. The minimum absolute atomic E-state index is 0.164. The van der Waals surface area contributed by atoms with Gasteiger partial charge in [-0.25, -0.2) is 4.39 Å². The minimum Gasteiger partial charge on any atom is -0.494 e. The van der Waals surface area contributed by atoms with Crippen molar-refractivity contribution in [2.45, 2.75) is 32.3 Å². The molecule has 0 aromatic heterocycles. The van der Waals surface area contributed by atoms with Crippen LogP contribution in [0.2, 0.25) is 0 Å². The minimum atomic E-state index is -0.720. The molecule has 1 saturated carbocycles. The van der Waals surface area contributed by atoms with Crippen molar-refractivity contribution in [1.82, 2.24) is 0 Å². The third-order valence-corrected chi connectivity index (χ3v) is 3.87. The highest BCUT2D eigenvalue weighted by Gasteiger charge is 2.32. The molecule has 0 bridgehead atoms. The maximum atomic E-state index is 14.0. The SMILES string of the molecule is COc1cccc(C(O)C2CCCC2C)c1F. The summed E-state index contributed by atoms with van der Waals surface area (Å²) in [5, 5.41) is 10.3. The zero-order valence-corrected chi connectivity index (χ0v) is 10.3. The molecule has 1 aliphatic rings. The van der Waals surface area contributed by atoms with Crippen LogP contribution in [0, 0.1) is 17.7 Å². The molecule has 2 rings (SSSR count). The Balaban J connectivity index is 2.27. The van der Waals surface area contributed by atoms with Crippen molar-refractivity contribution in [3.05, 3.63) is 29.6 Å². The van der Waals surface area contributed by atoms with E-state index in [1.807, 2.05) is 0 Å². The molecule has 0 amide bonds.